The summed E-state index contributed by atoms with van der Waals surface area (Å²) in [5, 5.41) is 6.99. The number of aliphatic imine (C=N–C) groups is 1. The molecule has 1 unspecified atom stereocenters. The lowest BCUT2D eigenvalue weighted by Crippen LogP contribution is -2.44. The van der Waals surface area contributed by atoms with Crippen LogP contribution in [0.4, 0.5) is 5.69 Å². The van der Waals surface area contributed by atoms with Gasteiger partial charge in [-0.2, -0.15) is 0 Å². The van der Waals surface area contributed by atoms with Crippen LogP contribution in [0, 0.1) is 5.92 Å². The Morgan fingerprint density at radius 2 is 1.96 bits per heavy atom. The second kappa shape index (κ2) is 9.15. The molecule has 23 heavy (non-hydrogen) atoms. The summed E-state index contributed by atoms with van der Waals surface area (Å²) in [4.78, 5) is 6.82. The van der Waals surface area contributed by atoms with Gasteiger partial charge in [0.25, 0.3) is 0 Å². The fraction of sp³-hybridized carbons (Fsp3) is 0.500. The van der Waals surface area contributed by atoms with E-state index in [1.165, 1.54) is 12.1 Å². The number of halogens is 1. The Labute approximate surface area is 156 Å². The van der Waals surface area contributed by atoms with Crippen molar-refractivity contribution in [3.63, 3.8) is 0 Å². The molecule has 0 bridgehead atoms. The molecule has 0 aromatic heterocycles. The first-order valence-corrected chi connectivity index (χ1v) is 8.27. The van der Waals surface area contributed by atoms with Crippen molar-refractivity contribution in [2.24, 2.45) is 10.9 Å². The van der Waals surface area contributed by atoms with Gasteiger partial charge in [-0.25, -0.2) is 0 Å². The van der Waals surface area contributed by atoms with Crippen molar-refractivity contribution in [3.8, 4) is 0 Å². The van der Waals surface area contributed by atoms with Crippen LogP contribution in [0.25, 0.3) is 0 Å². The quantitative estimate of drug-likeness (QED) is 0.337. The van der Waals surface area contributed by atoms with Gasteiger partial charge in [-0.3, -0.25) is 4.99 Å². The predicted octanol–water partition coefficient (Wildman–Crippen LogP) is 3.01. The van der Waals surface area contributed by atoms with Crippen LogP contribution in [-0.4, -0.2) is 38.7 Å². The predicted molar refractivity (Wildman–Crippen MR) is 109 cm³/mol. The normalized spacial score (nSPS) is 21.3. The molecule has 2 aliphatic rings. The number of nitrogens with zero attached hydrogens (tertiary/aromatic N) is 2. The smallest absolute Gasteiger partial charge is 0.191 e. The number of nitrogens with one attached hydrogen (secondary N) is 2. The van der Waals surface area contributed by atoms with Crippen molar-refractivity contribution < 1.29 is 0 Å². The Kier molecular flexibility index (Phi) is 7.20. The van der Waals surface area contributed by atoms with Gasteiger partial charge >= 0.3 is 0 Å². The number of hydrogen-bond donors (Lipinski definition) is 2. The van der Waals surface area contributed by atoms with Gasteiger partial charge in [-0.1, -0.05) is 30.4 Å². The van der Waals surface area contributed by atoms with Crippen molar-refractivity contribution in [2.75, 3.05) is 31.6 Å². The molecule has 1 atom stereocenters. The van der Waals surface area contributed by atoms with E-state index in [0.29, 0.717) is 12.0 Å². The third kappa shape index (κ3) is 5.12. The van der Waals surface area contributed by atoms with Gasteiger partial charge in [0, 0.05) is 38.4 Å². The third-order valence-corrected chi connectivity index (χ3v) is 4.54. The minimum Gasteiger partial charge on any atom is -0.371 e. The van der Waals surface area contributed by atoms with E-state index in [1.807, 2.05) is 7.05 Å². The van der Waals surface area contributed by atoms with Crippen LogP contribution in [0.5, 0.6) is 0 Å². The molecule has 1 fully saturated rings. The fourth-order valence-corrected chi connectivity index (χ4v) is 3.24. The zero-order valence-corrected chi connectivity index (χ0v) is 16.1. The number of anilines is 1. The lowest BCUT2D eigenvalue weighted by molar-refractivity contribution is 0.555. The maximum absolute atomic E-state index is 4.34. The SMILES string of the molecule is CN=C(NCC1CCN(c2ccccc2)C1)NC1CC=CC1.I. The van der Waals surface area contributed by atoms with Gasteiger partial charge in [-0.05, 0) is 37.3 Å². The summed E-state index contributed by atoms with van der Waals surface area (Å²) in [6.45, 7) is 3.26. The molecule has 1 saturated heterocycles. The van der Waals surface area contributed by atoms with Crippen LogP contribution in [0.3, 0.4) is 0 Å². The maximum atomic E-state index is 4.34. The molecule has 0 amide bonds. The molecule has 1 aromatic carbocycles. The first-order valence-electron chi connectivity index (χ1n) is 8.27. The molecule has 3 rings (SSSR count). The van der Waals surface area contributed by atoms with E-state index in [1.54, 1.807) is 0 Å². The van der Waals surface area contributed by atoms with Crippen molar-refractivity contribution in [1.82, 2.24) is 10.6 Å². The van der Waals surface area contributed by atoms with Crippen molar-refractivity contribution >= 4 is 35.6 Å². The first kappa shape index (κ1) is 18.1. The summed E-state index contributed by atoms with van der Waals surface area (Å²) in [5.41, 5.74) is 1.34. The Balaban J connectivity index is 0.00000192. The standard InChI is InChI=1S/C18H26N4.HI/c1-19-18(21-16-7-5-6-8-16)20-13-15-11-12-22(14-15)17-9-3-2-4-10-17;/h2-6,9-10,15-16H,7-8,11-14H2,1H3,(H2,19,20,21);1H. The van der Waals surface area contributed by atoms with Gasteiger partial charge in [0.15, 0.2) is 5.96 Å². The molecule has 126 valence electrons. The number of hydrogen-bond acceptors (Lipinski definition) is 2. The minimum absolute atomic E-state index is 0. The average Bonchev–Trinajstić information content (AvgIpc) is 3.24. The van der Waals surface area contributed by atoms with Crippen LogP contribution < -0.4 is 15.5 Å². The summed E-state index contributed by atoms with van der Waals surface area (Å²) in [5.74, 6) is 1.62. The Hall–Kier alpha value is -1.24. The van der Waals surface area contributed by atoms with E-state index in [-0.39, 0.29) is 24.0 Å². The third-order valence-electron chi connectivity index (χ3n) is 4.54. The number of para-hydroxylation sites is 1. The van der Waals surface area contributed by atoms with Crippen LogP contribution >= 0.6 is 24.0 Å². The molecular formula is C18H27IN4. The van der Waals surface area contributed by atoms with E-state index in [2.05, 4.69) is 63.0 Å². The van der Waals surface area contributed by atoms with E-state index in [0.717, 1.165) is 38.4 Å². The van der Waals surface area contributed by atoms with Crippen LogP contribution in [-0.2, 0) is 0 Å². The molecule has 0 spiro atoms. The van der Waals surface area contributed by atoms with Gasteiger partial charge in [0.1, 0.15) is 0 Å². The van der Waals surface area contributed by atoms with Crippen molar-refractivity contribution in [1.29, 1.82) is 0 Å². The molecule has 2 N–H and O–H groups in total. The fourth-order valence-electron chi connectivity index (χ4n) is 3.24. The van der Waals surface area contributed by atoms with Crippen LogP contribution in [0.1, 0.15) is 19.3 Å². The first-order chi connectivity index (χ1) is 10.8. The molecule has 0 saturated carbocycles. The summed E-state index contributed by atoms with van der Waals surface area (Å²) in [6.07, 6.45) is 7.92. The zero-order valence-electron chi connectivity index (χ0n) is 13.7. The Bertz CT molecular complexity index is 521. The lowest BCUT2D eigenvalue weighted by Gasteiger charge is -2.20. The largest absolute Gasteiger partial charge is 0.371 e. The molecule has 1 heterocycles. The molecule has 5 heteroatoms. The molecule has 4 nitrogen and oxygen atoms in total. The summed E-state index contributed by atoms with van der Waals surface area (Å²) in [6, 6.07) is 11.2. The highest BCUT2D eigenvalue weighted by atomic mass is 127. The lowest BCUT2D eigenvalue weighted by atomic mass is 10.1. The minimum atomic E-state index is 0. The zero-order chi connectivity index (χ0) is 15.2. The summed E-state index contributed by atoms with van der Waals surface area (Å²) in [7, 11) is 1.85. The highest BCUT2D eigenvalue weighted by Gasteiger charge is 2.23. The van der Waals surface area contributed by atoms with E-state index in [4.69, 9.17) is 0 Å². The molecule has 1 aromatic rings. The Morgan fingerprint density at radius 1 is 1.22 bits per heavy atom. The van der Waals surface area contributed by atoms with Crippen LogP contribution in [0.15, 0.2) is 47.5 Å². The molecule has 1 aliphatic carbocycles. The molecule has 1 aliphatic heterocycles. The van der Waals surface area contributed by atoms with Crippen LogP contribution in [0.2, 0.25) is 0 Å². The molecular weight excluding hydrogens is 399 g/mol. The summed E-state index contributed by atoms with van der Waals surface area (Å²) < 4.78 is 0. The maximum Gasteiger partial charge on any atom is 0.191 e. The number of guanidine groups is 1. The highest BCUT2D eigenvalue weighted by molar-refractivity contribution is 14.0. The second-order valence-electron chi connectivity index (χ2n) is 6.17. The topological polar surface area (TPSA) is 39.7 Å². The average molecular weight is 426 g/mol. The van der Waals surface area contributed by atoms with Crippen molar-refractivity contribution in [3.05, 3.63) is 42.5 Å². The summed E-state index contributed by atoms with van der Waals surface area (Å²) >= 11 is 0. The van der Waals surface area contributed by atoms with Crippen molar-refractivity contribution in [2.45, 2.75) is 25.3 Å². The number of rotatable bonds is 4. The monoisotopic (exact) mass is 426 g/mol. The van der Waals surface area contributed by atoms with Gasteiger partial charge in [0.2, 0.25) is 0 Å². The van der Waals surface area contributed by atoms with Gasteiger partial charge < -0.3 is 15.5 Å². The molecule has 0 radical (unpaired) electrons. The Morgan fingerprint density at radius 3 is 2.65 bits per heavy atom. The van der Waals surface area contributed by atoms with E-state index in [9.17, 15) is 0 Å². The van der Waals surface area contributed by atoms with E-state index < -0.39 is 0 Å². The van der Waals surface area contributed by atoms with Gasteiger partial charge in [0.05, 0.1) is 0 Å². The second-order valence-corrected chi connectivity index (χ2v) is 6.17. The van der Waals surface area contributed by atoms with Gasteiger partial charge in [-0.15, -0.1) is 24.0 Å². The van der Waals surface area contributed by atoms with E-state index >= 15 is 0 Å². The number of benzene rings is 1. The highest BCUT2D eigenvalue weighted by Crippen LogP contribution is 2.22.